The van der Waals surface area contributed by atoms with Crippen molar-refractivity contribution in [2.45, 2.75) is 38.2 Å². The van der Waals surface area contributed by atoms with Gasteiger partial charge < -0.3 is 24.2 Å². The van der Waals surface area contributed by atoms with E-state index in [9.17, 15) is 9.90 Å². The third-order valence-corrected chi connectivity index (χ3v) is 5.26. The van der Waals surface area contributed by atoms with E-state index < -0.39 is 0 Å². The number of amides is 1. The number of carbonyl (C=O) groups excluding carboxylic acids is 1. The number of phenols is 1. The molecule has 1 aromatic rings. The van der Waals surface area contributed by atoms with E-state index in [2.05, 4.69) is 0 Å². The summed E-state index contributed by atoms with van der Waals surface area (Å²) in [4.78, 5) is 14.3. The van der Waals surface area contributed by atoms with E-state index in [0.717, 1.165) is 17.7 Å². The maximum atomic E-state index is 12.4. The highest BCUT2D eigenvalue weighted by atomic mass is 32.2. The topological polar surface area (TPSA) is 68.2 Å². The molecule has 0 bridgehead atoms. The molecule has 1 heterocycles. The molecule has 0 aliphatic carbocycles. The Morgan fingerprint density at radius 3 is 2.48 bits per heavy atom. The zero-order valence-corrected chi connectivity index (χ0v) is 16.1. The highest BCUT2D eigenvalue weighted by Crippen LogP contribution is 2.44. The van der Waals surface area contributed by atoms with E-state index in [0.29, 0.717) is 31.1 Å². The number of hydrogen-bond acceptors (Lipinski definition) is 6. The first-order chi connectivity index (χ1) is 12.0. The predicted octanol–water partition coefficient (Wildman–Crippen LogP) is 3.19. The number of rotatable bonds is 8. The first-order valence-electron chi connectivity index (χ1n) is 8.45. The maximum absolute atomic E-state index is 12.4. The molecule has 1 unspecified atom stereocenters. The van der Waals surface area contributed by atoms with Crippen molar-refractivity contribution in [1.82, 2.24) is 4.90 Å². The number of nitrogens with zero attached hydrogens (tertiary/aromatic N) is 1. The second-order valence-corrected chi connectivity index (χ2v) is 7.30. The SMILES string of the molecule is COc1cc(C2SCCC(=O)N2CCCOC(C)C)cc(OC)c1O. The number of methoxy groups -OCH3 is 2. The predicted molar refractivity (Wildman–Crippen MR) is 98.4 cm³/mol. The average molecular weight is 369 g/mol. The fourth-order valence-electron chi connectivity index (χ4n) is 2.75. The molecule has 140 valence electrons. The van der Waals surface area contributed by atoms with Gasteiger partial charge in [-0.2, -0.15) is 0 Å². The van der Waals surface area contributed by atoms with Gasteiger partial charge in [-0.1, -0.05) is 0 Å². The molecule has 1 amide bonds. The molecule has 0 aromatic heterocycles. The molecule has 1 N–H and O–H groups in total. The van der Waals surface area contributed by atoms with Gasteiger partial charge in [0.25, 0.3) is 0 Å². The fraction of sp³-hybridized carbons (Fsp3) is 0.611. The highest BCUT2D eigenvalue weighted by Gasteiger charge is 2.31. The van der Waals surface area contributed by atoms with E-state index >= 15 is 0 Å². The van der Waals surface area contributed by atoms with Crippen LogP contribution in [-0.2, 0) is 9.53 Å². The van der Waals surface area contributed by atoms with Gasteiger partial charge in [-0.25, -0.2) is 0 Å². The summed E-state index contributed by atoms with van der Waals surface area (Å²) in [6.07, 6.45) is 1.51. The van der Waals surface area contributed by atoms with Crippen molar-refractivity contribution in [2.24, 2.45) is 0 Å². The van der Waals surface area contributed by atoms with Crippen molar-refractivity contribution in [2.75, 3.05) is 33.1 Å². The van der Waals surface area contributed by atoms with E-state index in [1.54, 1.807) is 23.9 Å². The Hall–Kier alpha value is -1.60. The summed E-state index contributed by atoms with van der Waals surface area (Å²) in [5.41, 5.74) is 0.884. The van der Waals surface area contributed by atoms with E-state index in [4.69, 9.17) is 14.2 Å². The highest BCUT2D eigenvalue weighted by molar-refractivity contribution is 7.99. The molecule has 1 aromatic carbocycles. The van der Waals surface area contributed by atoms with Crippen LogP contribution >= 0.6 is 11.8 Å². The Labute approximate surface area is 153 Å². The van der Waals surface area contributed by atoms with Gasteiger partial charge in [0.05, 0.1) is 20.3 Å². The minimum atomic E-state index is -0.122. The van der Waals surface area contributed by atoms with Gasteiger partial charge in [-0.15, -0.1) is 11.8 Å². The normalized spacial score (nSPS) is 17.9. The lowest BCUT2D eigenvalue weighted by Crippen LogP contribution is -2.38. The lowest BCUT2D eigenvalue weighted by molar-refractivity contribution is -0.132. The van der Waals surface area contributed by atoms with Crippen LogP contribution in [-0.4, -0.2) is 55.1 Å². The number of aromatic hydroxyl groups is 1. The van der Waals surface area contributed by atoms with Crippen molar-refractivity contribution < 1.29 is 24.1 Å². The first-order valence-corrected chi connectivity index (χ1v) is 9.50. The van der Waals surface area contributed by atoms with Crippen LogP contribution in [0.5, 0.6) is 17.2 Å². The quantitative estimate of drug-likeness (QED) is 0.710. The molecular formula is C18H27NO5S. The van der Waals surface area contributed by atoms with Crippen LogP contribution in [0.15, 0.2) is 12.1 Å². The lowest BCUT2D eigenvalue weighted by Gasteiger charge is -2.36. The number of thioether (sulfide) groups is 1. The molecule has 1 fully saturated rings. The minimum absolute atomic E-state index is 0.0298. The van der Waals surface area contributed by atoms with Gasteiger partial charge in [0, 0.05) is 25.3 Å². The van der Waals surface area contributed by atoms with E-state index in [1.807, 2.05) is 18.7 Å². The van der Waals surface area contributed by atoms with E-state index in [1.165, 1.54) is 14.2 Å². The Morgan fingerprint density at radius 2 is 1.92 bits per heavy atom. The molecule has 25 heavy (non-hydrogen) atoms. The molecule has 2 rings (SSSR count). The number of benzene rings is 1. The Morgan fingerprint density at radius 1 is 1.28 bits per heavy atom. The molecule has 1 saturated heterocycles. The van der Waals surface area contributed by atoms with Crippen LogP contribution in [0, 0.1) is 0 Å². The molecule has 6 nitrogen and oxygen atoms in total. The largest absolute Gasteiger partial charge is 0.502 e. The van der Waals surface area contributed by atoms with Crippen molar-refractivity contribution in [1.29, 1.82) is 0 Å². The molecular weight excluding hydrogens is 342 g/mol. The monoisotopic (exact) mass is 369 g/mol. The number of carbonyl (C=O) groups is 1. The van der Waals surface area contributed by atoms with Gasteiger partial charge in [-0.05, 0) is 38.0 Å². The Balaban J connectivity index is 2.20. The summed E-state index contributed by atoms with van der Waals surface area (Å²) < 4.78 is 16.1. The van der Waals surface area contributed by atoms with Crippen LogP contribution in [0.4, 0.5) is 0 Å². The van der Waals surface area contributed by atoms with Gasteiger partial charge in [0.2, 0.25) is 11.7 Å². The number of hydrogen-bond donors (Lipinski definition) is 1. The lowest BCUT2D eigenvalue weighted by atomic mass is 10.1. The summed E-state index contributed by atoms with van der Waals surface area (Å²) in [6, 6.07) is 3.54. The summed E-state index contributed by atoms with van der Waals surface area (Å²) in [7, 11) is 3.00. The Bertz CT molecular complexity index is 568. The van der Waals surface area contributed by atoms with Gasteiger partial charge >= 0.3 is 0 Å². The average Bonchev–Trinajstić information content (AvgIpc) is 2.59. The third kappa shape index (κ3) is 4.95. The molecule has 1 aliphatic heterocycles. The minimum Gasteiger partial charge on any atom is -0.502 e. The van der Waals surface area contributed by atoms with Crippen molar-refractivity contribution in [3.63, 3.8) is 0 Å². The van der Waals surface area contributed by atoms with Crippen molar-refractivity contribution >= 4 is 17.7 Å². The summed E-state index contributed by atoms with van der Waals surface area (Å²) in [6.45, 7) is 5.26. The molecule has 0 spiro atoms. The van der Waals surface area contributed by atoms with Gasteiger partial charge in [0.15, 0.2) is 11.5 Å². The van der Waals surface area contributed by atoms with Crippen LogP contribution in [0.2, 0.25) is 0 Å². The zero-order chi connectivity index (χ0) is 18.4. The van der Waals surface area contributed by atoms with Crippen LogP contribution < -0.4 is 9.47 Å². The number of ether oxygens (including phenoxy) is 3. The van der Waals surface area contributed by atoms with Crippen LogP contribution in [0.1, 0.15) is 37.6 Å². The molecule has 1 atom stereocenters. The molecule has 1 aliphatic rings. The first kappa shape index (κ1) is 19.7. The molecule has 0 radical (unpaired) electrons. The molecule has 7 heteroatoms. The molecule has 0 saturated carbocycles. The second-order valence-electron chi connectivity index (χ2n) is 6.11. The standard InChI is InChI=1S/C18H27NO5S/c1-12(2)24-8-5-7-19-16(20)6-9-25-18(19)13-10-14(22-3)17(21)15(11-13)23-4/h10-12,18,21H,5-9H2,1-4H3. The maximum Gasteiger partial charge on any atom is 0.224 e. The third-order valence-electron chi connectivity index (χ3n) is 3.98. The summed E-state index contributed by atoms with van der Waals surface area (Å²) in [5, 5.41) is 9.98. The van der Waals surface area contributed by atoms with Crippen molar-refractivity contribution in [3.8, 4) is 17.2 Å². The zero-order valence-electron chi connectivity index (χ0n) is 15.3. The van der Waals surface area contributed by atoms with Gasteiger partial charge in [-0.3, -0.25) is 4.79 Å². The van der Waals surface area contributed by atoms with Crippen LogP contribution in [0.25, 0.3) is 0 Å². The number of phenolic OH excluding ortho intramolecular Hbond substituents is 1. The van der Waals surface area contributed by atoms with Crippen LogP contribution in [0.3, 0.4) is 0 Å². The fourth-order valence-corrected chi connectivity index (χ4v) is 4.00. The smallest absolute Gasteiger partial charge is 0.224 e. The summed E-state index contributed by atoms with van der Waals surface area (Å²) >= 11 is 1.71. The van der Waals surface area contributed by atoms with Gasteiger partial charge in [0.1, 0.15) is 5.37 Å². The Kier molecular flexibility index (Phi) is 7.25. The second kappa shape index (κ2) is 9.20. The van der Waals surface area contributed by atoms with Crippen molar-refractivity contribution in [3.05, 3.63) is 17.7 Å². The van der Waals surface area contributed by atoms with E-state index in [-0.39, 0.29) is 23.1 Å². The summed E-state index contributed by atoms with van der Waals surface area (Å²) in [5.74, 6) is 1.57.